The van der Waals surface area contributed by atoms with Crippen LogP contribution in [0.2, 0.25) is 0 Å². The number of nitrogens with one attached hydrogen (secondary N) is 1. The largest absolute Gasteiger partial charge is 0.497 e. The summed E-state index contributed by atoms with van der Waals surface area (Å²) in [6.07, 6.45) is 1.15. The molecule has 10 nitrogen and oxygen atoms in total. The van der Waals surface area contributed by atoms with Crippen molar-refractivity contribution in [3.63, 3.8) is 0 Å². The Labute approximate surface area is 176 Å². The van der Waals surface area contributed by atoms with Gasteiger partial charge in [0, 0.05) is 18.3 Å². The molecule has 0 saturated heterocycles. The second-order valence-corrected chi connectivity index (χ2v) is 6.17. The highest BCUT2D eigenvalue weighted by atomic mass is 16.5. The molecule has 0 unspecified atom stereocenters. The summed E-state index contributed by atoms with van der Waals surface area (Å²) in [4.78, 5) is 31.0. The van der Waals surface area contributed by atoms with E-state index in [2.05, 4.69) is 9.98 Å². The van der Waals surface area contributed by atoms with Crippen LogP contribution in [0.15, 0.2) is 51.0 Å². The second-order valence-electron chi connectivity index (χ2n) is 6.17. The quantitative estimate of drug-likeness (QED) is 0.553. The molecule has 2 aromatic carbocycles. The van der Waals surface area contributed by atoms with Crippen molar-refractivity contribution in [2.45, 2.75) is 0 Å². The van der Waals surface area contributed by atoms with Crippen molar-refractivity contribution < 1.29 is 24.1 Å². The number of rotatable bonds is 7. The average molecular weight is 427 g/mol. The van der Waals surface area contributed by atoms with Crippen LogP contribution in [0, 0.1) is 0 Å². The molecule has 0 fully saturated rings. The predicted molar refractivity (Wildman–Crippen MR) is 114 cm³/mol. The fourth-order valence-corrected chi connectivity index (χ4v) is 2.91. The van der Waals surface area contributed by atoms with Crippen LogP contribution >= 0.6 is 0 Å². The fraction of sp³-hybridized carbons (Fsp3) is 0.190. The van der Waals surface area contributed by atoms with Crippen molar-refractivity contribution in [2.75, 3.05) is 28.4 Å². The molecule has 31 heavy (non-hydrogen) atoms. The highest BCUT2D eigenvalue weighted by molar-refractivity contribution is 5.84. The van der Waals surface area contributed by atoms with E-state index < -0.39 is 17.1 Å². The Hall–Kier alpha value is -4.21. The number of aromatic amines is 1. The molecule has 162 valence electrons. The molecular formula is C21H21N3O7. The first-order valence-electron chi connectivity index (χ1n) is 9.00. The Bertz CT molecular complexity index is 1200. The highest BCUT2D eigenvalue weighted by Crippen LogP contribution is 2.40. The lowest BCUT2D eigenvalue weighted by atomic mass is 10.2. The average Bonchev–Trinajstić information content (AvgIpc) is 2.78. The third-order valence-corrected chi connectivity index (χ3v) is 4.44. The van der Waals surface area contributed by atoms with Crippen molar-refractivity contribution in [1.82, 2.24) is 9.55 Å². The summed E-state index contributed by atoms with van der Waals surface area (Å²) in [6, 6.07) is 9.52. The molecule has 0 spiro atoms. The molecule has 0 aliphatic carbocycles. The molecule has 0 saturated carbocycles. The molecule has 10 heteroatoms. The fourth-order valence-electron chi connectivity index (χ4n) is 2.91. The smallest absolute Gasteiger partial charge is 0.335 e. The minimum Gasteiger partial charge on any atom is -0.497 e. The highest BCUT2D eigenvalue weighted by Gasteiger charge is 2.16. The number of benzene rings is 2. The van der Waals surface area contributed by atoms with Crippen LogP contribution in [0.1, 0.15) is 5.56 Å². The van der Waals surface area contributed by atoms with E-state index >= 15 is 0 Å². The maximum Gasteiger partial charge on any atom is 0.335 e. The molecule has 0 aliphatic rings. The van der Waals surface area contributed by atoms with Gasteiger partial charge < -0.3 is 24.1 Å². The number of hydrogen-bond donors (Lipinski definition) is 2. The Kier molecular flexibility index (Phi) is 6.29. The van der Waals surface area contributed by atoms with Gasteiger partial charge in [0.25, 0.3) is 5.56 Å². The second kappa shape index (κ2) is 9.08. The molecular weight excluding hydrogens is 406 g/mol. The van der Waals surface area contributed by atoms with Gasteiger partial charge in [0.05, 0.1) is 39.8 Å². The summed E-state index contributed by atoms with van der Waals surface area (Å²) in [6.45, 7) is 0. The van der Waals surface area contributed by atoms with E-state index in [0.29, 0.717) is 34.4 Å². The summed E-state index contributed by atoms with van der Waals surface area (Å²) in [5, 5.41) is 10.6. The number of aromatic nitrogens is 2. The van der Waals surface area contributed by atoms with E-state index in [1.165, 1.54) is 28.4 Å². The molecule has 1 aromatic heterocycles. The molecule has 0 atom stereocenters. The SMILES string of the molecule is COc1ccc(-n2c(O)c(C=Nc3cc(OC)c(OC)c(OC)c3)c(=O)[nH]c2=O)cc1. The van der Waals surface area contributed by atoms with Crippen LogP contribution in [0.5, 0.6) is 28.9 Å². The Morgan fingerprint density at radius 2 is 1.55 bits per heavy atom. The van der Waals surface area contributed by atoms with E-state index in [4.69, 9.17) is 18.9 Å². The Morgan fingerprint density at radius 3 is 2.06 bits per heavy atom. The maximum atomic E-state index is 12.3. The zero-order valence-electron chi connectivity index (χ0n) is 17.3. The lowest BCUT2D eigenvalue weighted by Gasteiger charge is -2.12. The minimum absolute atomic E-state index is 0.204. The topological polar surface area (TPSA) is 124 Å². The summed E-state index contributed by atoms with van der Waals surface area (Å²) in [7, 11) is 5.91. The van der Waals surface area contributed by atoms with Gasteiger partial charge in [0.1, 0.15) is 11.3 Å². The summed E-state index contributed by atoms with van der Waals surface area (Å²) in [5.41, 5.74) is -1.08. The van der Waals surface area contributed by atoms with Crippen LogP contribution in [0.3, 0.4) is 0 Å². The van der Waals surface area contributed by atoms with Crippen LogP contribution in [-0.4, -0.2) is 49.3 Å². The van der Waals surface area contributed by atoms with Crippen molar-refractivity contribution in [3.8, 4) is 34.6 Å². The van der Waals surface area contributed by atoms with Crippen molar-refractivity contribution in [1.29, 1.82) is 0 Å². The van der Waals surface area contributed by atoms with Gasteiger partial charge in [0.2, 0.25) is 11.6 Å². The summed E-state index contributed by atoms with van der Waals surface area (Å²) in [5.74, 6) is 1.14. The summed E-state index contributed by atoms with van der Waals surface area (Å²) < 4.78 is 21.9. The van der Waals surface area contributed by atoms with Gasteiger partial charge in [0.15, 0.2) is 11.5 Å². The number of hydrogen-bond acceptors (Lipinski definition) is 8. The van der Waals surface area contributed by atoms with E-state index in [1.807, 2.05) is 0 Å². The molecule has 1 heterocycles. The first kappa shape index (κ1) is 21.5. The van der Waals surface area contributed by atoms with Gasteiger partial charge in [-0.05, 0) is 24.3 Å². The zero-order valence-corrected chi connectivity index (χ0v) is 17.3. The Balaban J connectivity index is 2.09. The van der Waals surface area contributed by atoms with E-state index in [0.717, 1.165) is 10.8 Å². The van der Waals surface area contributed by atoms with Crippen LogP contribution < -0.4 is 30.2 Å². The van der Waals surface area contributed by atoms with Gasteiger partial charge in [-0.2, -0.15) is 0 Å². The normalized spacial score (nSPS) is 10.8. The number of aliphatic imine (C=N–C) groups is 1. The van der Waals surface area contributed by atoms with Gasteiger partial charge in [-0.15, -0.1) is 0 Å². The maximum absolute atomic E-state index is 12.3. The van der Waals surface area contributed by atoms with Crippen LogP contribution in [-0.2, 0) is 0 Å². The van der Waals surface area contributed by atoms with E-state index in [-0.39, 0.29) is 5.56 Å². The van der Waals surface area contributed by atoms with E-state index in [1.54, 1.807) is 36.4 Å². The van der Waals surface area contributed by atoms with Crippen LogP contribution in [0.25, 0.3) is 5.69 Å². The first-order valence-corrected chi connectivity index (χ1v) is 9.00. The zero-order chi connectivity index (χ0) is 22.5. The summed E-state index contributed by atoms with van der Waals surface area (Å²) >= 11 is 0. The third kappa shape index (κ3) is 4.22. The van der Waals surface area contributed by atoms with Crippen molar-refractivity contribution >= 4 is 11.9 Å². The first-order chi connectivity index (χ1) is 14.9. The molecule has 0 aliphatic heterocycles. The standard InChI is InChI=1S/C21H21N3O7/c1-28-14-7-5-13(6-8-14)24-20(26)15(19(25)23-21(24)27)11-22-12-9-16(29-2)18(31-4)17(10-12)30-3/h5-11,26H,1-4H3,(H,23,25,27). The van der Waals surface area contributed by atoms with Crippen molar-refractivity contribution in [3.05, 3.63) is 62.8 Å². The van der Waals surface area contributed by atoms with Gasteiger partial charge >= 0.3 is 5.69 Å². The van der Waals surface area contributed by atoms with E-state index in [9.17, 15) is 14.7 Å². The van der Waals surface area contributed by atoms with Gasteiger partial charge in [-0.1, -0.05) is 0 Å². The molecule has 0 radical (unpaired) electrons. The molecule has 0 amide bonds. The molecule has 3 aromatic rings. The number of H-pyrrole nitrogens is 1. The molecule has 2 N–H and O–H groups in total. The van der Waals surface area contributed by atoms with Gasteiger partial charge in [-0.3, -0.25) is 14.8 Å². The lowest BCUT2D eigenvalue weighted by molar-refractivity contribution is 0.324. The molecule has 0 bridgehead atoms. The molecule has 3 rings (SSSR count). The van der Waals surface area contributed by atoms with Crippen LogP contribution in [0.4, 0.5) is 5.69 Å². The number of ether oxygens (including phenoxy) is 4. The predicted octanol–water partition coefficient (Wildman–Crippen LogP) is 2.02. The third-order valence-electron chi connectivity index (χ3n) is 4.44. The van der Waals surface area contributed by atoms with Gasteiger partial charge in [-0.25, -0.2) is 9.36 Å². The lowest BCUT2D eigenvalue weighted by Crippen LogP contribution is -2.31. The number of nitrogens with zero attached hydrogens (tertiary/aromatic N) is 2. The Morgan fingerprint density at radius 1 is 0.935 bits per heavy atom. The monoisotopic (exact) mass is 427 g/mol. The van der Waals surface area contributed by atoms with Crippen molar-refractivity contribution in [2.24, 2.45) is 4.99 Å². The number of methoxy groups -OCH3 is 4. The number of aromatic hydroxyl groups is 1. The minimum atomic E-state index is -0.794.